The van der Waals surface area contributed by atoms with E-state index in [9.17, 15) is 4.79 Å². The molecule has 1 aliphatic rings. The van der Waals surface area contributed by atoms with E-state index in [1.165, 1.54) is 5.57 Å². The van der Waals surface area contributed by atoms with E-state index in [1.807, 2.05) is 13.0 Å². The molecule has 0 saturated carbocycles. The first-order chi connectivity index (χ1) is 5.68. The summed E-state index contributed by atoms with van der Waals surface area (Å²) in [4.78, 5) is 10.3. The minimum absolute atomic E-state index is 0.621. The highest BCUT2D eigenvalue weighted by Gasteiger charge is 2.05. The molecule has 1 rings (SSSR count). The smallest absolute Gasteiger partial charge is 0.332 e. The summed E-state index contributed by atoms with van der Waals surface area (Å²) in [6, 6.07) is -0.621. The van der Waals surface area contributed by atoms with E-state index in [4.69, 9.17) is 5.73 Å². The number of carbonyl (C=O) groups excluding carboxylic acids is 1. The van der Waals surface area contributed by atoms with Crippen LogP contribution in [-0.2, 0) is 0 Å². The third-order valence-corrected chi connectivity index (χ3v) is 2.46. The molecule has 0 radical (unpaired) electrons. The van der Waals surface area contributed by atoms with Gasteiger partial charge in [0.15, 0.2) is 0 Å². The summed E-state index contributed by atoms with van der Waals surface area (Å²) in [5, 5.41) is 3.83. The summed E-state index contributed by atoms with van der Waals surface area (Å²) in [5.41, 5.74) is 9.19. The van der Waals surface area contributed by atoms with E-state index in [1.54, 1.807) is 11.8 Å². The Balaban J connectivity index is 2.56. The van der Waals surface area contributed by atoms with Crippen molar-refractivity contribution in [2.45, 2.75) is 6.92 Å². The van der Waals surface area contributed by atoms with Crippen LogP contribution in [0.15, 0.2) is 16.8 Å². The van der Waals surface area contributed by atoms with Crippen LogP contribution in [-0.4, -0.2) is 23.2 Å². The highest BCUT2D eigenvalue weighted by atomic mass is 32.2. The first-order valence-electron chi connectivity index (χ1n) is 3.55. The van der Waals surface area contributed by atoms with Crippen LogP contribution in [0.3, 0.4) is 0 Å². The average molecular weight is 185 g/mol. The van der Waals surface area contributed by atoms with Crippen LogP contribution in [0, 0.1) is 0 Å². The van der Waals surface area contributed by atoms with Crippen LogP contribution in [0.4, 0.5) is 4.79 Å². The molecule has 0 aliphatic carbocycles. The number of nitrogens with one attached hydrogen (secondary N) is 1. The van der Waals surface area contributed by atoms with Gasteiger partial charge in [-0.25, -0.2) is 10.2 Å². The summed E-state index contributed by atoms with van der Waals surface area (Å²) < 4.78 is 0. The number of hydrogen-bond acceptors (Lipinski definition) is 3. The van der Waals surface area contributed by atoms with E-state index >= 15 is 0 Å². The Morgan fingerprint density at radius 2 is 2.50 bits per heavy atom. The summed E-state index contributed by atoms with van der Waals surface area (Å²) in [5.74, 6) is 1.87. The van der Waals surface area contributed by atoms with Crippen molar-refractivity contribution in [1.29, 1.82) is 0 Å². The molecular weight excluding hydrogens is 174 g/mol. The van der Waals surface area contributed by atoms with Gasteiger partial charge in [0, 0.05) is 11.5 Å². The van der Waals surface area contributed by atoms with E-state index in [0.29, 0.717) is 0 Å². The van der Waals surface area contributed by atoms with Crippen molar-refractivity contribution in [1.82, 2.24) is 5.43 Å². The van der Waals surface area contributed by atoms with Gasteiger partial charge in [-0.2, -0.15) is 16.9 Å². The molecule has 3 N–H and O–H groups in total. The second kappa shape index (κ2) is 4.15. The minimum atomic E-state index is -0.621. The Bertz CT molecular complexity index is 247. The molecular formula is C7H11N3OS. The van der Waals surface area contributed by atoms with Crippen LogP contribution >= 0.6 is 11.8 Å². The molecule has 5 heteroatoms. The molecule has 0 unspecified atom stereocenters. The highest BCUT2D eigenvalue weighted by molar-refractivity contribution is 8.00. The number of nitrogens with two attached hydrogens (primary N) is 1. The van der Waals surface area contributed by atoms with Crippen molar-refractivity contribution in [3.63, 3.8) is 0 Å². The van der Waals surface area contributed by atoms with Gasteiger partial charge in [0.05, 0.1) is 5.71 Å². The standard InChI is InChI=1S/C7H11N3OS/c1-5-2-6(4-12-3-5)9-10-7(8)11/h2H,3-4H2,1H3,(H3,8,10,11)/b9-6-. The van der Waals surface area contributed by atoms with Gasteiger partial charge in [-0.3, -0.25) is 0 Å². The van der Waals surface area contributed by atoms with E-state index in [2.05, 4.69) is 10.5 Å². The third-order valence-electron chi connectivity index (χ3n) is 1.30. The summed E-state index contributed by atoms with van der Waals surface area (Å²) in [6.45, 7) is 2.03. The lowest BCUT2D eigenvalue weighted by molar-refractivity contribution is 0.249. The first kappa shape index (κ1) is 9.12. The normalized spacial score (nSPS) is 20.4. The number of amides is 2. The molecule has 0 aromatic rings. The lowest BCUT2D eigenvalue weighted by Crippen LogP contribution is -2.26. The lowest BCUT2D eigenvalue weighted by Gasteiger charge is -2.09. The second-order valence-corrected chi connectivity index (χ2v) is 3.55. The molecule has 66 valence electrons. The molecule has 12 heavy (non-hydrogen) atoms. The zero-order chi connectivity index (χ0) is 8.97. The largest absolute Gasteiger partial charge is 0.350 e. The molecule has 1 aliphatic heterocycles. The molecule has 0 atom stereocenters. The summed E-state index contributed by atoms with van der Waals surface area (Å²) in [6.07, 6.45) is 1.96. The molecule has 0 aromatic heterocycles. The fraction of sp³-hybridized carbons (Fsp3) is 0.429. The molecule has 1 heterocycles. The fourth-order valence-corrected chi connectivity index (χ4v) is 1.74. The number of urea groups is 1. The number of rotatable bonds is 1. The van der Waals surface area contributed by atoms with Crippen molar-refractivity contribution in [2.24, 2.45) is 10.8 Å². The number of primary amides is 1. The monoisotopic (exact) mass is 185 g/mol. The predicted molar refractivity (Wildman–Crippen MR) is 51.2 cm³/mol. The van der Waals surface area contributed by atoms with Gasteiger partial charge < -0.3 is 5.73 Å². The zero-order valence-electron chi connectivity index (χ0n) is 6.83. The Hall–Kier alpha value is -0.970. The van der Waals surface area contributed by atoms with E-state index in [-0.39, 0.29) is 0 Å². The molecule has 0 spiro atoms. The maximum atomic E-state index is 10.3. The molecule has 0 fully saturated rings. The van der Waals surface area contributed by atoms with Crippen LogP contribution in [0.25, 0.3) is 0 Å². The van der Waals surface area contributed by atoms with Gasteiger partial charge in [0.2, 0.25) is 0 Å². The lowest BCUT2D eigenvalue weighted by atomic mass is 10.2. The summed E-state index contributed by atoms with van der Waals surface area (Å²) in [7, 11) is 0. The van der Waals surface area contributed by atoms with Crippen LogP contribution in [0.5, 0.6) is 0 Å². The van der Waals surface area contributed by atoms with Gasteiger partial charge in [-0.1, -0.05) is 5.57 Å². The Morgan fingerprint density at radius 3 is 3.08 bits per heavy atom. The number of carbonyl (C=O) groups is 1. The van der Waals surface area contributed by atoms with Gasteiger partial charge in [-0.05, 0) is 13.0 Å². The second-order valence-electron chi connectivity index (χ2n) is 2.56. The van der Waals surface area contributed by atoms with E-state index < -0.39 is 6.03 Å². The number of hydrogen-bond donors (Lipinski definition) is 2. The van der Waals surface area contributed by atoms with Crippen LogP contribution in [0.2, 0.25) is 0 Å². The number of thioether (sulfide) groups is 1. The SMILES string of the molecule is CC1=C/C(=N/NC(N)=O)CSC1. The molecule has 0 aromatic carbocycles. The van der Waals surface area contributed by atoms with Crippen LogP contribution < -0.4 is 11.2 Å². The average Bonchev–Trinajstić information content (AvgIpc) is 2.01. The van der Waals surface area contributed by atoms with Crippen LogP contribution in [0.1, 0.15) is 6.92 Å². The zero-order valence-corrected chi connectivity index (χ0v) is 7.65. The van der Waals surface area contributed by atoms with Crippen molar-refractivity contribution in [3.8, 4) is 0 Å². The number of allylic oxidation sites excluding steroid dienone is 1. The molecule has 0 bridgehead atoms. The van der Waals surface area contributed by atoms with Crippen molar-refractivity contribution in [3.05, 3.63) is 11.6 Å². The first-order valence-corrected chi connectivity index (χ1v) is 4.71. The maximum Gasteiger partial charge on any atom is 0.332 e. The molecule has 2 amide bonds. The Kier molecular flexibility index (Phi) is 3.16. The predicted octanol–water partition coefficient (Wildman–Crippen LogP) is 0.704. The van der Waals surface area contributed by atoms with Gasteiger partial charge in [0.1, 0.15) is 0 Å². The van der Waals surface area contributed by atoms with Gasteiger partial charge >= 0.3 is 6.03 Å². The van der Waals surface area contributed by atoms with Crippen molar-refractivity contribution >= 4 is 23.5 Å². The minimum Gasteiger partial charge on any atom is -0.350 e. The van der Waals surface area contributed by atoms with E-state index in [0.717, 1.165) is 17.2 Å². The topological polar surface area (TPSA) is 67.5 Å². The number of hydrazone groups is 1. The quantitative estimate of drug-likeness (QED) is 0.590. The fourth-order valence-electron chi connectivity index (χ4n) is 0.876. The number of nitrogens with zero attached hydrogens (tertiary/aromatic N) is 1. The van der Waals surface area contributed by atoms with Gasteiger partial charge in [-0.15, -0.1) is 0 Å². The highest BCUT2D eigenvalue weighted by Crippen LogP contribution is 2.14. The van der Waals surface area contributed by atoms with Crippen molar-refractivity contribution < 1.29 is 4.79 Å². The molecule has 4 nitrogen and oxygen atoms in total. The van der Waals surface area contributed by atoms with Gasteiger partial charge in [0.25, 0.3) is 0 Å². The summed E-state index contributed by atoms with van der Waals surface area (Å²) >= 11 is 1.77. The Morgan fingerprint density at radius 1 is 1.75 bits per heavy atom. The maximum absolute atomic E-state index is 10.3. The third kappa shape index (κ3) is 2.96. The van der Waals surface area contributed by atoms with Crippen molar-refractivity contribution in [2.75, 3.05) is 11.5 Å². The molecule has 0 saturated heterocycles. The Labute approximate surface area is 75.3 Å².